The molecule has 0 atom stereocenters. The van der Waals surface area contributed by atoms with Gasteiger partial charge in [0.2, 0.25) is 5.28 Å². The number of rotatable bonds is 3. The topological polar surface area (TPSA) is 47.0 Å². The summed E-state index contributed by atoms with van der Waals surface area (Å²) in [5.41, 5.74) is 0.801. The van der Waals surface area contributed by atoms with Gasteiger partial charge in [0.15, 0.2) is 0 Å². The Balaban J connectivity index is 2.40. The van der Waals surface area contributed by atoms with E-state index in [1.807, 2.05) is 12.1 Å². The molecular weight excluding hydrogens is 465 g/mol. The molecule has 2 aromatic rings. The van der Waals surface area contributed by atoms with Crippen LogP contribution in [0.2, 0.25) is 5.28 Å². The lowest BCUT2D eigenvalue weighted by atomic mass is 10.3. The van der Waals surface area contributed by atoms with Gasteiger partial charge in [0.25, 0.3) is 0 Å². The molecule has 0 aliphatic rings. The Labute approximate surface area is 140 Å². The predicted octanol–water partition coefficient (Wildman–Crippen LogP) is 5.17. The molecule has 100 valence electrons. The summed E-state index contributed by atoms with van der Waals surface area (Å²) < 4.78 is 7.68. The third-order valence-electron chi connectivity index (χ3n) is 2.21. The molecule has 19 heavy (non-hydrogen) atoms. The minimum atomic E-state index is 0.172. The van der Waals surface area contributed by atoms with Crippen LogP contribution in [0.4, 0.5) is 11.5 Å². The van der Waals surface area contributed by atoms with Crippen molar-refractivity contribution in [2.24, 2.45) is 0 Å². The number of aromatic nitrogens is 2. The summed E-state index contributed by atoms with van der Waals surface area (Å²) in [6.07, 6.45) is 1.58. The summed E-state index contributed by atoms with van der Waals surface area (Å²) in [4.78, 5) is 7.98. The van der Waals surface area contributed by atoms with Crippen LogP contribution in [0.15, 0.2) is 31.7 Å². The first-order valence-corrected chi connectivity index (χ1v) is 7.75. The molecule has 0 bridgehead atoms. The summed E-state index contributed by atoms with van der Waals surface area (Å²) in [5, 5.41) is 3.33. The van der Waals surface area contributed by atoms with Crippen LogP contribution in [0.25, 0.3) is 0 Å². The van der Waals surface area contributed by atoms with E-state index in [-0.39, 0.29) is 5.28 Å². The smallest absolute Gasteiger partial charge is 0.224 e. The molecule has 0 aliphatic heterocycles. The van der Waals surface area contributed by atoms with Gasteiger partial charge >= 0.3 is 0 Å². The van der Waals surface area contributed by atoms with E-state index in [9.17, 15) is 0 Å². The van der Waals surface area contributed by atoms with Crippen LogP contribution in [0, 0.1) is 0 Å². The normalized spacial score (nSPS) is 10.4. The zero-order valence-corrected chi connectivity index (χ0v) is 15.1. The summed E-state index contributed by atoms with van der Waals surface area (Å²) in [6, 6.07) is 3.73. The van der Waals surface area contributed by atoms with Crippen LogP contribution in [0.1, 0.15) is 0 Å². The van der Waals surface area contributed by atoms with E-state index < -0.39 is 0 Å². The number of nitrogens with zero attached hydrogens (tertiary/aromatic N) is 2. The van der Waals surface area contributed by atoms with Crippen molar-refractivity contribution < 1.29 is 4.74 Å². The lowest BCUT2D eigenvalue weighted by Gasteiger charge is -2.12. The monoisotopic (exact) mass is 469 g/mol. The van der Waals surface area contributed by atoms with Gasteiger partial charge in [-0.2, -0.15) is 4.98 Å². The van der Waals surface area contributed by atoms with Crippen molar-refractivity contribution in [3.8, 4) is 5.75 Å². The van der Waals surface area contributed by atoms with Gasteiger partial charge in [-0.15, -0.1) is 0 Å². The highest BCUT2D eigenvalue weighted by molar-refractivity contribution is 9.11. The molecule has 0 spiro atoms. The zero-order chi connectivity index (χ0) is 14.0. The average molecular weight is 472 g/mol. The zero-order valence-electron chi connectivity index (χ0n) is 9.55. The largest absolute Gasteiger partial charge is 0.495 e. The van der Waals surface area contributed by atoms with Crippen molar-refractivity contribution in [3.63, 3.8) is 0 Å². The Morgan fingerprint density at radius 1 is 1.16 bits per heavy atom. The Bertz CT molecular complexity index is 624. The fraction of sp³-hybridized carbons (Fsp3) is 0.0909. The van der Waals surface area contributed by atoms with Gasteiger partial charge in [-0.3, -0.25) is 0 Å². The Hall–Kier alpha value is -0.370. The van der Waals surface area contributed by atoms with E-state index in [2.05, 4.69) is 63.1 Å². The second kappa shape index (κ2) is 6.39. The third-order valence-corrected chi connectivity index (χ3v) is 4.25. The number of hydrogen-bond donors (Lipinski definition) is 1. The van der Waals surface area contributed by atoms with Crippen LogP contribution in [0.5, 0.6) is 5.75 Å². The fourth-order valence-corrected chi connectivity index (χ4v) is 3.02. The maximum absolute atomic E-state index is 5.78. The molecule has 0 saturated carbocycles. The maximum atomic E-state index is 5.78. The number of methoxy groups -OCH3 is 1. The van der Waals surface area contributed by atoms with Crippen LogP contribution in [-0.2, 0) is 0 Å². The molecule has 1 N–H and O–H groups in total. The second-order valence-corrected chi connectivity index (χ2v) is 6.33. The summed E-state index contributed by atoms with van der Waals surface area (Å²) >= 11 is 16.0. The standard InChI is InChI=1S/C11H7Br3ClN3O/c1-19-9-3-8(5(12)2-6(9)13)17-10-7(14)4-16-11(15)18-10/h2-4H,1H3,(H,16,17,18). The maximum Gasteiger partial charge on any atom is 0.224 e. The molecule has 1 aromatic heterocycles. The number of halogens is 4. The van der Waals surface area contributed by atoms with Crippen molar-refractivity contribution in [2.45, 2.75) is 0 Å². The molecular formula is C11H7Br3ClN3O. The Morgan fingerprint density at radius 2 is 1.89 bits per heavy atom. The molecule has 0 saturated heterocycles. The lowest BCUT2D eigenvalue weighted by molar-refractivity contribution is 0.412. The van der Waals surface area contributed by atoms with Gasteiger partial charge in [0.1, 0.15) is 11.6 Å². The number of benzene rings is 1. The number of anilines is 2. The van der Waals surface area contributed by atoms with Crippen LogP contribution < -0.4 is 10.1 Å². The van der Waals surface area contributed by atoms with Crippen molar-refractivity contribution in [1.29, 1.82) is 0 Å². The fourth-order valence-electron chi connectivity index (χ4n) is 1.34. The van der Waals surface area contributed by atoms with Crippen molar-refractivity contribution in [2.75, 3.05) is 12.4 Å². The van der Waals surface area contributed by atoms with E-state index in [0.717, 1.165) is 14.6 Å². The van der Waals surface area contributed by atoms with Gasteiger partial charge in [-0.25, -0.2) is 4.98 Å². The second-order valence-electron chi connectivity index (χ2n) is 3.43. The predicted molar refractivity (Wildman–Crippen MR) is 86.4 cm³/mol. The first-order chi connectivity index (χ1) is 9.01. The van der Waals surface area contributed by atoms with Crippen LogP contribution in [0.3, 0.4) is 0 Å². The molecule has 1 heterocycles. The van der Waals surface area contributed by atoms with Crippen molar-refractivity contribution in [1.82, 2.24) is 9.97 Å². The molecule has 2 rings (SSSR count). The molecule has 4 nitrogen and oxygen atoms in total. The number of hydrogen-bond acceptors (Lipinski definition) is 4. The highest BCUT2D eigenvalue weighted by Crippen LogP contribution is 2.36. The van der Waals surface area contributed by atoms with Crippen LogP contribution >= 0.6 is 59.4 Å². The number of nitrogens with one attached hydrogen (secondary N) is 1. The SMILES string of the molecule is COc1cc(Nc2nc(Cl)ncc2Br)c(Br)cc1Br. The molecule has 0 radical (unpaired) electrons. The quantitative estimate of drug-likeness (QED) is 0.627. The van der Waals surface area contributed by atoms with Gasteiger partial charge in [0.05, 0.1) is 21.7 Å². The van der Waals surface area contributed by atoms with E-state index in [1.54, 1.807) is 13.3 Å². The molecule has 0 amide bonds. The molecule has 0 unspecified atom stereocenters. The first kappa shape index (κ1) is 15.0. The van der Waals surface area contributed by atoms with E-state index in [0.29, 0.717) is 16.0 Å². The third kappa shape index (κ3) is 3.59. The summed E-state index contributed by atoms with van der Waals surface area (Å²) in [6.45, 7) is 0. The van der Waals surface area contributed by atoms with Crippen molar-refractivity contribution in [3.05, 3.63) is 37.0 Å². The summed E-state index contributed by atoms with van der Waals surface area (Å²) in [5.74, 6) is 1.28. The minimum absolute atomic E-state index is 0.172. The van der Waals surface area contributed by atoms with E-state index in [4.69, 9.17) is 16.3 Å². The molecule has 0 fully saturated rings. The van der Waals surface area contributed by atoms with E-state index >= 15 is 0 Å². The highest BCUT2D eigenvalue weighted by Gasteiger charge is 2.10. The Kier molecular flexibility index (Phi) is 5.05. The van der Waals surface area contributed by atoms with Gasteiger partial charge in [-0.1, -0.05) is 0 Å². The molecule has 1 aromatic carbocycles. The first-order valence-electron chi connectivity index (χ1n) is 4.99. The van der Waals surface area contributed by atoms with Gasteiger partial charge < -0.3 is 10.1 Å². The van der Waals surface area contributed by atoms with Gasteiger partial charge in [0, 0.05) is 16.7 Å². The van der Waals surface area contributed by atoms with Gasteiger partial charge in [-0.05, 0) is 65.5 Å². The van der Waals surface area contributed by atoms with Crippen molar-refractivity contribution >= 4 is 70.9 Å². The Morgan fingerprint density at radius 3 is 2.58 bits per heavy atom. The number of ether oxygens (including phenoxy) is 1. The molecule has 0 aliphatic carbocycles. The van der Waals surface area contributed by atoms with Crippen LogP contribution in [-0.4, -0.2) is 17.1 Å². The lowest BCUT2D eigenvalue weighted by Crippen LogP contribution is -1.98. The highest BCUT2D eigenvalue weighted by atomic mass is 79.9. The summed E-state index contributed by atoms with van der Waals surface area (Å²) in [7, 11) is 1.61. The average Bonchev–Trinajstić information content (AvgIpc) is 2.37. The minimum Gasteiger partial charge on any atom is -0.495 e. The molecule has 8 heteroatoms. The van der Waals surface area contributed by atoms with E-state index in [1.165, 1.54) is 0 Å².